The Morgan fingerprint density at radius 2 is 1.74 bits per heavy atom. The molecular weight excluding hydrogens is 332 g/mol. The molecule has 0 amide bonds. The number of benzene rings is 2. The average molecular weight is 361 g/mol. The maximum Gasteiger partial charge on any atom is 0.0968 e. The number of H-pyrrole nitrogens is 1. The molecule has 140 valence electrons. The Kier molecular flexibility index (Phi) is 5.26. The fourth-order valence-corrected chi connectivity index (χ4v) is 3.99. The molecule has 0 spiro atoms. The number of aromatic nitrogens is 2. The van der Waals surface area contributed by atoms with Gasteiger partial charge in [0.25, 0.3) is 0 Å². The number of hydrogen-bond acceptors (Lipinski definition) is 3. The monoisotopic (exact) mass is 360 g/mol. The van der Waals surface area contributed by atoms with Gasteiger partial charge in [0.15, 0.2) is 0 Å². The number of nitrogens with zero attached hydrogens (tertiary/aromatic N) is 3. The standard InChI is InChI=1S/C23H28N4/c1-3-27(4-2)20-12-10-19(11-13-20)23-21-17-26(15-14-22(21)24-25-23)16-18-8-6-5-7-9-18/h5-13H,3-4,14-17H2,1-2H3,(H,24,25). The lowest BCUT2D eigenvalue weighted by atomic mass is 10.00. The van der Waals surface area contributed by atoms with Gasteiger partial charge in [-0.2, -0.15) is 5.10 Å². The molecule has 0 bridgehead atoms. The van der Waals surface area contributed by atoms with E-state index in [4.69, 9.17) is 0 Å². The highest BCUT2D eigenvalue weighted by Gasteiger charge is 2.22. The van der Waals surface area contributed by atoms with E-state index in [9.17, 15) is 0 Å². The van der Waals surface area contributed by atoms with Crippen LogP contribution in [0.3, 0.4) is 0 Å². The van der Waals surface area contributed by atoms with Gasteiger partial charge in [0.05, 0.1) is 5.69 Å². The summed E-state index contributed by atoms with van der Waals surface area (Å²) in [6.07, 6.45) is 1.03. The van der Waals surface area contributed by atoms with Gasteiger partial charge in [-0.25, -0.2) is 0 Å². The van der Waals surface area contributed by atoms with E-state index in [1.165, 1.54) is 28.1 Å². The van der Waals surface area contributed by atoms with E-state index in [1.54, 1.807) is 0 Å². The molecule has 4 rings (SSSR count). The molecule has 4 nitrogen and oxygen atoms in total. The first-order valence-corrected chi connectivity index (χ1v) is 9.96. The van der Waals surface area contributed by atoms with Crippen molar-refractivity contribution in [3.05, 3.63) is 71.4 Å². The molecule has 0 saturated heterocycles. The van der Waals surface area contributed by atoms with Gasteiger partial charge < -0.3 is 4.90 Å². The predicted octanol–water partition coefficient (Wildman–Crippen LogP) is 4.48. The second-order valence-electron chi connectivity index (χ2n) is 7.19. The molecule has 0 atom stereocenters. The van der Waals surface area contributed by atoms with E-state index in [-0.39, 0.29) is 0 Å². The van der Waals surface area contributed by atoms with Gasteiger partial charge in [-0.1, -0.05) is 42.5 Å². The number of nitrogens with one attached hydrogen (secondary N) is 1. The number of aromatic amines is 1. The normalized spacial score (nSPS) is 14.1. The second-order valence-corrected chi connectivity index (χ2v) is 7.19. The first-order valence-electron chi connectivity index (χ1n) is 9.96. The second kappa shape index (κ2) is 7.97. The van der Waals surface area contributed by atoms with Crippen molar-refractivity contribution in [3.8, 4) is 11.3 Å². The smallest absolute Gasteiger partial charge is 0.0968 e. The lowest BCUT2D eigenvalue weighted by Gasteiger charge is -2.27. The zero-order valence-corrected chi connectivity index (χ0v) is 16.3. The van der Waals surface area contributed by atoms with Crippen molar-refractivity contribution in [1.82, 2.24) is 15.1 Å². The van der Waals surface area contributed by atoms with Gasteiger partial charge in [-0.05, 0) is 31.5 Å². The molecule has 3 aromatic rings. The van der Waals surface area contributed by atoms with Crippen molar-refractivity contribution in [1.29, 1.82) is 0 Å². The number of fused-ring (bicyclic) bond motifs is 1. The molecule has 1 N–H and O–H groups in total. The van der Waals surface area contributed by atoms with Crippen LogP contribution in [0.2, 0.25) is 0 Å². The molecule has 4 heteroatoms. The molecule has 2 heterocycles. The Balaban J connectivity index is 1.54. The highest BCUT2D eigenvalue weighted by Crippen LogP contribution is 2.30. The topological polar surface area (TPSA) is 35.2 Å². The van der Waals surface area contributed by atoms with E-state index < -0.39 is 0 Å². The summed E-state index contributed by atoms with van der Waals surface area (Å²) in [4.78, 5) is 4.88. The summed E-state index contributed by atoms with van der Waals surface area (Å²) < 4.78 is 0. The maximum atomic E-state index is 4.66. The van der Waals surface area contributed by atoms with E-state index in [0.717, 1.165) is 44.8 Å². The Hall–Kier alpha value is -2.59. The van der Waals surface area contributed by atoms with E-state index in [0.29, 0.717) is 0 Å². The van der Waals surface area contributed by atoms with E-state index in [1.807, 2.05) is 0 Å². The van der Waals surface area contributed by atoms with Gasteiger partial charge >= 0.3 is 0 Å². The third kappa shape index (κ3) is 3.76. The summed E-state index contributed by atoms with van der Waals surface area (Å²) >= 11 is 0. The molecule has 1 aliphatic rings. The van der Waals surface area contributed by atoms with Crippen molar-refractivity contribution in [3.63, 3.8) is 0 Å². The van der Waals surface area contributed by atoms with Gasteiger partial charge in [0, 0.05) is 61.7 Å². The first kappa shape index (κ1) is 17.8. The highest BCUT2D eigenvalue weighted by molar-refractivity contribution is 5.67. The quantitative estimate of drug-likeness (QED) is 0.704. The fraction of sp³-hybridized carbons (Fsp3) is 0.348. The summed E-state index contributed by atoms with van der Waals surface area (Å²) in [5, 5.41) is 7.94. The molecule has 1 aromatic heterocycles. The zero-order chi connectivity index (χ0) is 18.6. The van der Waals surface area contributed by atoms with Crippen LogP contribution in [0.4, 0.5) is 5.69 Å². The minimum Gasteiger partial charge on any atom is -0.372 e. The Morgan fingerprint density at radius 3 is 2.44 bits per heavy atom. The average Bonchev–Trinajstić information content (AvgIpc) is 3.13. The van der Waals surface area contributed by atoms with Gasteiger partial charge in [-0.3, -0.25) is 10.00 Å². The molecule has 27 heavy (non-hydrogen) atoms. The largest absolute Gasteiger partial charge is 0.372 e. The minimum absolute atomic E-state index is 0.952. The third-order valence-corrected chi connectivity index (χ3v) is 5.53. The molecule has 2 aromatic carbocycles. The van der Waals surface area contributed by atoms with Crippen LogP contribution in [0.25, 0.3) is 11.3 Å². The molecule has 0 aliphatic carbocycles. The minimum atomic E-state index is 0.952. The summed E-state index contributed by atoms with van der Waals surface area (Å²) in [7, 11) is 0. The highest BCUT2D eigenvalue weighted by atomic mass is 15.2. The lowest BCUT2D eigenvalue weighted by Crippen LogP contribution is -2.29. The molecule has 0 radical (unpaired) electrons. The molecule has 0 unspecified atom stereocenters. The van der Waals surface area contributed by atoms with E-state index >= 15 is 0 Å². The predicted molar refractivity (Wildman–Crippen MR) is 112 cm³/mol. The van der Waals surface area contributed by atoms with Crippen molar-refractivity contribution in [2.24, 2.45) is 0 Å². The molecular formula is C23H28N4. The molecule has 1 aliphatic heterocycles. The third-order valence-electron chi connectivity index (χ3n) is 5.53. The summed E-state index contributed by atoms with van der Waals surface area (Å²) in [5.41, 5.74) is 7.60. The van der Waals surface area contributed by atoms with Crippen LogP contribution in [0.5, 0.6) is 0 Å². The number of hydrogen-bond donors (Lipinski definition) is 1. The summed E-state index contributed by atoms with van der Waals surface area (Å²) in [6.45, 7) is 9.47. The van der Waals surface area contributed by atoms with Crippen LogP contribution in [-0.4, -0.2) is 34.7 Å². The van der Waals surface area contributed by atoms with Crippen LogP contribution >= 0.6 is 0 Å². The van der Waals surface area contributed by atoms with Crippen LogP contribution in [0, 0.1) is 0 Å². The van der Waals surface area contributed by atoms with Gasteiger partial charge in [0.1, 0.15) is 0 Å². The van der Waals surface area contributed by atoms with Crippen LogP contribution in [0.15, 0.2) is 54.6 Å². The van der Waals surface area contributed by atoms with Crippen molar-refractivity contribution in [2.75, 3.05) is 24.5 Å². The van der Waals surface area contributed by atoms with E-state index in [2.05, 4.69) is 88.4 Å². The zero-order valence-electron chi connectivity index (χ0n) is 16.3. The fourth-order valence-electron chi connectivity index (χ4n) is 3.99. The summed E-state index contributed by atoms with van der Waals surface area (Å²) in [6, 6.07) is 19.6. The maximum absolute atomic E-state index is 4.66. The van der Waals surface area contributed by atoms with Crippen LogP contribution in [-0.2, 0) is 19.5 Å². The van der Waals surface area contributed by atoms with Crippen LogP contribution < -0.4 is 4.90 Å². The Morgan fingerprint density at radius 1 is 1.00 bits per heavy atom. The Bertz CT molecular complexity index is 863. The Labute approximate surface area is 161 Å². The molecule has 0 saturated carbocycles. The van der Waals surface area contributed by atoms with Crippen molar-refractivity contribution in [2.45, 2.75) is 33.4 Å². The lowest BCUT2D eigenvalue weighted by molar-refractivity contribution is 0.245. The SMILES string of the molecule is CCN(CC)c1ccc(-c2n[nH]c3c2CN(Cc2ccccc2)CC3)cc1. The van der Waals surface area contributed by atoms with Crippen molar-refractivity contribution >= 4 is 5.69 Å². The number of rotatable bonds is 6. The first-order chi connectivity index (χ1) is 13.3. The van der Waals surface area contributed by atoms with Crippen LogP contribution in [0.1, 0.15) is 30.7 Å². The number of anilines is 1. The van der Waals surface area contributed by atoms with Crippen molar-refractivity contribution < 1.29 is 0 Å². The molecule has 0 fully saturated rings. The van der Waals surface area contributed by atoms with Gasteiger partial charge in [-0.15, -0.1) is 0 Å². The van der Waals surface area contributed by atoms with Gasteiger partial charge in [0.2, 0.25) is 0 Å². The summed E-state index contributed by atoms with van der Waals surface area (Å²) in [5.74, 6) is 0.